The van der Waals surface area contributed by atoms with Crippen molar-refractivity contribution < 1.29 is 14.6 Å². The normalized spacial score (nSPS) is 12.3. The topological polar surface area (TPSA) is 82.4 Å². The van der Waals surface area contributed by atoms with Gasteiger partial charge in [-0.05, 0) is 52.4 Å². The fraction of sp³-hybridized carbons (Fsp3) is 0.214. The predicted octanol–water partition coefficient (Wildman–Crippen LogP) is 5.85. The van der Waals surface area contributed by atoms with E-state index >= 15 is 0 Å². The van der Waals surface area contributed by atoms with E-state index in [0.29, 0.717) is 23.4 Å². The first-order chi connectivity index (χ1) is 16.5. The van der Waals surface area contributed by atoms with Crippen molar-refractivity contribution in [3.8, 4) is 28.7 Å². The fourth-order valence-corrected chi connectivity index (χ4v) is 5.12. The Bertz CT molecular complexity index is 1290. The molecule has 0 aromatic heterocycles. The fourth-order valence-electron chi connectivity index (χ4n) is 4.03. The van der Waals surface area contributed by atoms with E-state index in [2.05, 4.69) is 18.3 Å². The summed E-state index contributed by atoms with van der Waals surface area (Å²) in [7, 11) is 1.49. The molecule has 0 saturated carbocycles. The second kappa shape index (κ2) is 10.5. The number of carbonyl (C=O) groups is 1. The highest BCUT2D eigenvalue weighted by Gasteiger charge is 2.25. The number of fused-ring (bicyclic) bond motifs is 1. The third-order valence-corrected chi connectivity index (χ3v) is 7.01. The Morgan fingerprint density at radius 3 is 2.65 bits per heavy atom. The van der Waals surface area contributed by atoms with Crippen LogP contribution in [0.4, 0.5) is 0 Å². The summed E-state index contributed by atoms with van der Waals surface area (Å²) in [4.78, 5) is 13.8. The molecule has 34 heavy (non-hydrogen) atoms. The minimum atomic E-state index is -0.455. The van der Waals surface area contributed by atoms with Gasteiger partial charge in [0.1, 0.15) is 11.6 Å². The number of benzene rings is 3. The number of aryl methyl sites for hydroxylation is 1. The van der Waals surface area contributed by atoms with Gasteiger partial charge < -0.3 is 15.2 Å². The van der Waals surface area contributed by atoms with E-state index in [4.69, 9.17) is 4.74 Å². The minimum absolute atomic E-state index is 0.0182. The Morgan fingerprint density at radius 2 is 2.00 bits per heavy atom. The molecule has 0 spiro atoms. The maximum atomic E-state index is 12.6. The largest absolute Gasteiger partial charge is 0.504 e. The first-order valence-electron chi connectivity index (χ1n) is 11.2. The van der Waals surface area contributed by atoms with Crippen molar-refractivity contribution in [1.29, 1.82) is 5.26 Å². The molecule has 1 aliphatic heterocycles. The Balaban J connectivity index is 1.67. The number of nitriles is 1. The SMILES string of the molecule is CCCc1ccc(-c2cc(C=C(C#N)C(=O)NCc3ccccc3)cc(OC)c2O)c2c1CS2. The second-order valence-electron chi connectivity index (χ2n) is 8.08. The molecule has 5 nitrogen and oxygen atoms in total. The zero-order valence-corrected chi connectivity index (χ0v) is 20.0. The lowest BCUT2D eigenvalue weighted by molar-refractivity contribution is -0.117. The number of nitrogens with zero attached hydrogens (tertiary/aromatic N) is 1. The quantitative estimate of drug-likeness (QED) is 0.319. The number of phenols is 1. The number of hydrogen-bond donors (Lipinski definition) is 2. The highest BCUT2D eigenvalue weighted by molar-refractivity contribution is 8.00. The number of amides is 1. The molecule has 4 rings (SSSR count). The van der Waals surface area contributed by atoms with Gasteiger partial charge in [-0.25, -0.2) is 0 Å². The molecule has 0 atom stereocenters. The molecule has 0 fully saturated rings. The van der Waals surface area contributed by atoms with Gasteiger partial charge in [0.2, 0.25) is 0 Å². The van der Waals surface area contributed by atoms with Crippen LogP contribution in [0.2, 0.25) is 0 Å². The number of nitrogens with one attached hydrogen (secondary N) is 1. The molecule has 0 aliphatic carbocycles. The Morgan fingerprint density at radius 1 is 1.21 bits per heavy atom. The molecule has 1 heterocycles. The molecule has 2 N–H and O–H groups in total. The van der Waals surface area contributed by atoms with Crippen LogP contribution >= 0.6 is 11.8 Å². The van der Waals surface area contributed by atoms with Crippen molar-refractivity contribution in [3.05, 3.63) is 82.4 Å². The van der Waals surface area contributed by atoms with Gasteiger partial charge in [0.15, 0.2) is 11.5 Å². The van der Waals surface area contributed by atoms with Crippen molar-refractivity contribution in [2.45, 2.75) is 37.0 Å². The van der Waals surface area contributed by atoms with E-state index in [1.807, 2.05) is 42.5 Å². The Kier molecular flexibility index (Phi) is 7.24. The average Bonchev–Trinajstić information content (AvgIpc) is 2.83. The van der Waals surface area contributed by atoms with Crippen LogP contribution in [0.1, 0.15) is 35.6 Å². The van der Waals surface area contributed by atoms with Crippen LogP contribution in [0.3, 0.4) is 0 Å². The number of thioether (sulfide) groups is 1. The zero-order valence-electron chi connectivity index (χ0n) is 19.2. The van der Waals surface area contributed by atoms with Gasteiger partial charge in [-0.3, -0.25) is 4.79 Å². The third kappa shape index (κ3) is 4.80. The van der Waals surface area contributed by atoms with Gasteiger partial charge in [0, 0.05) is 22.8 Å². The van der Waals surface area contributed by atoms with Crippen LogP contribution in [-0.2, 0) is 23.5 Å². The van der Waals surface area contributed by atoms with Crippen LogP contribution in [0.15, 0.2) is 65.1 Å². The maximum Gasteiger partial charge on any atom is 0.262 e. The molecule has 1 amide bonds. The van der Waals surface area contributed by atoms with E-state index in [1.165, 1.54) is 29.2 Å². The molecule has 1 aliphatic rings. The van der Waals surface area contributed by atoms with Crippen LogP contribution in [0.5, 0.6) is 11.5 Å². The van der Waals surface area contributed by atoms with E-state index in [9.17, 15) is 15.2 Å². The van der Waals surface area contributed by atoms with Crippen LogP contribution in [0.25, 0.3) is 17.2 Å². The smallest absolute Gasteiger partial charge is 0.262 e. The van der Waals surface area contributed by atoms with E-state index in [1.54, 1.807) is 23.9 Å². The molecule has 0 saturated heterocycles. The van der Waals surface area contributed by atoms with Gasteiger partial charge >= 0.3 is 0 Å². The molecule has 6 heteroatoms. The summed E-state index contributed by atoms with van der Waals surface area (Å²) in [6.07, 6.45) is 3.64. The number of hydrogen-bond acceptors (Lipinski definition) is 5. The van der Waals surface area contributed by atoms with Gasteiger partial charge in [-0.15, -0.1) is 11.8 Å². The highest BCUT2D eigenvalue weighted by atomic mass is 32.2. The Hall–Kier alpha value is -3.69. The third-order valence-electron chi connectivity index (χ3n) is 5.82. The van der Waals surface area contributed by atoms with Crippen molar-refractivity contribution >= 4 is 23.7 Å². The van der Waals surface area contributed by atoms with Gasteiger partial charge in [0.05, 0.1) is 7.11 Å². The van der Waals surface area contributed by atoms with Gasteiger partial charge in [-0.2, -0.15) is 5.26 Å². The number of ether oxygens (including phenoxy) is 1. The summed E-state index contributed by atoms with van der Waals surface area (Å²) in [5.74, 6) is 0.852. The highest BCUT2D eigenvalue weighted by Crippen LogP contribution is 2.50. The summed E-state index contributed by atoms with van der Waals surface area (Å²) in [6.45, 7) is 2.50. The van der Waals surface area contributed by atoms with Crippen molar-refractivity contribution in [2.75, 3.05) is 7.11 Å². The minimum Gasteiger partial charge on any atom is -0.504 e. The van der Waals surface area contributed by atoms with Crippen molar-refractivity contribution in [3.63, 3.8) is 0 Å². The maximum absolute atomic E-state index is 12.6. The van der Waals surface area contributed by atoms with E-state index in [-0.39, 0.29) is 11.3 Å². The summed E-state index contributed by atoms with van der Waals surface area (Å²) in [5.41, 5.74) is 5.78. The van der Waals surface area contributed by atoms with Crippen LogP contribution in [-0.4, -0.2) is 18.1 Å². The molecular weight excluding hydrogens is 444 g/mol. The lowest BCUT2D eigenvalue weighted by Gasteiger charge is -2.26. The van der Waals surface area contributed by atoms with E-state index < -0.39 is 5.91 Å². The van der Waals surface area contributed by atoms with E-state index in [0.717, 1.165) is 29.7 Å². The second-order valence-corrected chi connectivity index (χ2v) is 9.06. The standard InChI is InChI=1S/C28H26N2O3S/c1-3-7-20-10-11-22(27-24(20)17-34-27)23-13-19(14-25(33-2)26(23)31)12-21(15-29)28(32)30-16-18-8-5-4-6-9-18/h4-6,8-14,31H,3,7,16-17H2,1-2H3,(H,30,32). The number of phenolic OH excluding ortho intramolecular Hbond substituents is 1. The summed E-state index contributed by atoms with van der Waals surface area (Å²) in [6, 6.07) is 19.1. The summed E-state index contributed by atoms with van der Waals surface area (Å²) < 4.78 is 5.41. The van der Waals surface area contributed by atoms with Gasteiger partial charge in [0.25, 0.3) is 5.91 Å². The zero-order chi connectivity index (χ0) is 24.1. The van der Waals surface area contributed by atoms with Gasteiger partial charge in [-0.1, -0.05) is 55.8 Å². The summed E-state index contributed by atoms with van der Waals surface area (Å²) >= 11 is 1.76. The number of carbonyl (C=O) groups excluding carboxylic acids is 1. The lowest BCUT2D eigenvalue weighted by atomic mass is 9.94. The van der Waals surface area contributed by atoms with Crippen LogP contribution < -0.4 is 10.1 Å². The molecule has 3 aromatic rings. The average molecular weight is 471 g/mol. The van der Waals surface area contributed by atoms with Crippen LogP contribution in [0, 0.1) is 11.3 Å². The monoisotopic (exact) mass is 470 g/mol. The molecule has 0 unspecified atom stereocenters. The lowest BCUT2D eigenvalue weighted by Crippen LogP contribution is -2.23. The first-order valence-corrected chi connectivity index (χ1v) is 12.2. The molecule has 0 radical (unpaired) electrons. The molecule has 0 bridgehead atoms. The predicted molar refractivity (Wildman–Crippen MR) is 136 cm³/mol. The number of aromatic hydroxyl groups is 1. The molecular formula is C28H26N2O3S. The molecule has 172 valence electrons. The number of rotatable bonds is 8. The summed E-state index contributed by atoms with van der Waals surface area (Å²) in [5, 5.41) is 23.3. The Labute approximate surface area is 204 Å². The van der Waals surface area contributed by atoms with Crippen molar-refractivity contribution in [1.82, 2.24) is 5.32 Å². The first kappa shape index (κ1) is 23.5. The number of methoxy groups -OCH3 is 1. The molecule has 3 aromatic carbocycles. The van der Waals surface area contributed by atoms with Crippen molar-refractivity contribution in [2.24, 2.45) is 0 Å².